The summed E-state index contributed by atoms with van der Waals surface area (Å²) in [6, 6.07) is 4.80. The maximum atomic E-state index is 12.0. The highest BCUT2D eigenvalue weighted by Gasteiger charge is 2.24. The van der Waals surface area contributed by atoms with Gasteiger partial charge in [0.05, 0.1) is 11.5 Å². The summed E-state index contributed by atoms with van der Waals surface area (Å²) in [5.74, 6) is -1.03. The van der Waals surface area contributed by atoms with Gasteiger partial charge in [-0.3, -0.25) is 10.0 Å². The van der Waals surface area contributed by atoms with E-state index in [-0.39, 0.29) is 4.90 Å². The van der Waals surface area contributed by atoms with Crippen molar-refractivity contribution in [3.8, 4) is 0 Å². The number of aryl methyl sites for hydroxylation is 1. The molecule has 0 aliphatic carbocycles. The fourth-order valence-electron chi connectivity index (χ4n) is 1.63. The number of hydroxylamine groups is 1. The van der Waals surface area contributed by atoms with E-state index in [0.717, 1.165) is 18.4 Å². The van der Waals surface area contributed by atoms with E-state index in [4.69, 9.17) is 10.3 Å². The third-order valence-corrected chi connectivity index (χ3v) is 4.17. The maximum Gasteiger partial charge on any atom is 0.263 e. The first-order chi connectivity index (χ1) is 9.44. The van der Waals surface area contributed by atoms with E-state index in [1.807, 2.05) is 11.6 Å². The van der Waals surface area contributed by atoms with Crippen LogP contribution in [-0.2, 0) is 21.2 Å². The van der Waals surface area contributed by atoms with Gasteiger partial charge >= 0.3 is 0 Å². The van der Waals surface area contributed by atoms with E-state index in [1.54, 1.807) is 12.1 Å². The highest BCUT2D eigenvalue weighted by molar-refractivity contribution is 7.89. The number of nitrogens with one attached hydrogen (secondary N) is 2. The highest BCUT2D eigenvalue weighted by Crippen LogP contribution is 2.12. The van der Waals surface area contributed by atoms with E-state index >= 15 is 0 Å². The Labute approximate surface area is 117 Å². The van der Waals surface area contributed by atoms with Gasteiger partial charge in [0.2, 0.25) is 10.0 Å². The normalized spacial score (nSPS) is 12.9. The van der Waals surface area contributed by atoms with Gasteiger partial charge in [-0.2, -0.15) is 4.72 Å². The average molecular weight is 302 g/mol. The van der Waals surface area contributed by atoms with Gasteiger partial charge in [-0.15, -0.1) is 0 Å². The molecule has 8 heteroatoms. The smallest absolute Gasteiger partial charge is 0.263 e. The van der Waals surface area contributed by atoms with Crippen LogP contribution in [0.25, 0.3) is 0 Å². The molecule has 112 valence electrons. The first-order valence-corrected chi connectivity index (χ1v) is 7.59. The van der Waals surface area contributed by atoms with Crippen LogP contribution < -0.4 is 10.2 Å². The summed E-state index contributed by atoms with van der Waals surface area (Å²) in [6.45, 7) is 1.26. The van der Waals surface area contributed by atoms with Crippen molar-refractivity contribution in [1.29, 1.82) is 0 Å². The molecule has 1 aromatic carbocycles. The Kier molecular flexibility index (Phi) is 6.08. The Morgan fingerprint density at radius 3 is 2.35 bits per heavy atom. The second-order valence-corrected chi connectivity index (χ2v) is 5.94. The number of carbonyl (C=O) groups is 1. The van der Waals surface area contributed by atoms with E-state index in [2.05, 4.69) is 0 Å². The van der Waals surface area contributed by atoms with Crippen LogP contribution in [0, 0.1) is 0 Å². The average Bonchev–Trinajstić information content (AvgIpc) is 2.45. The van der Waals surface area contributed by atoms with E-state index in [0.29, 0.717) is 0 Å². The molecule has 0 saturated carbocycles. The van der Waals surface area contributed by atoms with Gasteiger partial charge in [-0.1, -0.05) is 25.5 Å². The largest absolute Gasteiger partial charge is 0.394 e. The van der Waals surface area contributed by atoms with Crippen LogP contribution in [0.4, 0.5) is 0 Å². The molecule has 0 aliphatic rings. The molecule has 0 heterocycles. The van der Waals surface area contributed by atoms with Crippen molar-refractivity contribution in [1.82, 2.24) is 10.2 Å². The fourth-order valence-corrected chi connectivity index (χ4v) is 2.82. The predicted molar refractivity (Wildman–Crippen MR) is 71.6 cm³/mol. The standard InChI is InChI=1S/C12H18N2O5S/c1-2-3-9-4-6-10(7-5-9)20(18,19)14-11(8-15)12(16)13-17/h4-7,11,14-15,17H,2-3,8H2,1H3,(H,13,16). The lowest BCUT2D eigenvalue weighted by Crippen LogP contribution is -2.47. The van der Waals surface area contributed by atoms with Gasteiger partial charge in [-0.25, -0.2) is 13.9 Å². The van der Waals surface area contributed by atoms with E-state index in [1.165, 1.54) is 17.6 Å². The third-order valence-electron chi connectivity index (χ3n) is 2.68. The van der Waals surface area contributed by atoms with Crippen molar-refractivity contribution in [3.05, 3.63) is 29.8 Å². The molecule has 1 unspecified atom stereocenters. The van der Waals surface area contributed by atoms with Crippen LogP contribution in [0.1, 0.15) is 18.9 Å². The summed E-state index contributed by atoms with van der Waals surface area (Å²) in [5, 5.41) is 17.4. The molecule has 20 heavy (non-hydrogen) atoms. The second-order valence-electron chi connectivity index (χ2n) is 4.23. The number of hydrogen-bond donors (Lipinski definition) is 4. The predicted octanol–water partition coefficient (Wildman–Crippen LogP) is -0.216. The van der Waals surface area contributed by atoms with Crippen LogP contribution in [0.15, 0.2) is 29.2 Å². The van der Waals surface area contributed by atoms with Crippen LogP contribution in [0.3, 0.4) is 0 Å². The van der Waals surface area contributed by atoms with Gasteiger partial charge < -0.3 is 5.11 Å². The molecule has 0 aromatic heterocycles. The number of rotatable bonds is 7. The number of hydrogen-bond acceptors (Lipinski definition) is 5. The Morgan fingerprint density at radius 2 is 1.90 bits per heavy atom. The molecule has 1 aromatic rings. The topological polar surface area (TPSA) is 116 Å². The number of benzene rings is 1. The SMILES string of the molecule is CCCc1ccc(S(=O)(=O)NC(CO)C(=O)NO)cc1. The third kappa shape index (κ3) is 4.27. The molecule has 1 atom stereocenters. The van der Waals surface area contributed by atoms with E-state index < -0.39 is 28.6 Å². The van der Waals surface area contributed by atoms with Gasteiger partial charge in [0.1, 0.15) is 6.04 Å². The van der Waals surface area contributed by atoms with Crippen LogP contribution in [-0.4, -0.2) is 37.3 Å². The van der Waals surface area contributed by atoms with Crippen LogP contribution in [0.2, 0.25) is 0 Å². The monoisotopic (exact) mass is 302 g/mol. The van der Waals surface area contributed by atoms with Crippen LogP contribution >= 0.6 is 0 Å². The quantitative estimate of drug-likeness (QED) is 0.411. The fraction of sp³-hybridized carbons (Fsp3) is 0.417. The lowest BCUT2D eigenvalue weighted by Gasteiger charge is -2.14. The van der Waals surface area contributed by atoms with Crippen LogP contribution in [0.5, 0.6) is 0 Å². The van der Waals surface area contributed by atoms with Crippen molar-refractivity contribution >= 4 is 15.9 Å². The minimum atomic E-state index is -3.94. The summed E-state index contributed by atoms with van der Waals surface area (Å²) in [7, 11) is -3.94. The molecular weight excluding hydrogens is 284 g/mol. The summed E-state index contributed by atoms with van der Waals surface area (Å²) < 4.78 is 26.0. The Bertz CT molecular complexity index is 541. The van der Waals surface area contributed by atoms with Gasteiger partial charge in [0.15, 0.2) is 0 Å². The zero-order chi connectivity index (χ0) is 15.2. The first-order valence-electron chi connectivity index (χ1n) is 6.10. The molecule has 0 bridgehead atoms. The highest BCUT2D eigenvalue weighted by atomic mass is 32.2. The minimum Gasteiger partial charge on any atom is -0.394 e. The van der Waals surface area contributed by atoms with Crippen molar-refractivity contribution in [3.63, 3.8) is 0 Å². The minimum absolute atomic E-state index is 0.0125. The summed E-state index contributed by atoms with van der Waals surface area (Å²) in [4.78, 5) is 11.1. The zero-order valence-corrected chi connectivity index (χ0v) is 11.9. The van der Waals surface area contributed by atoms with Crippen molar-refractivity contribution in [2.24, 2.45) is 0 Å². The zero-order valence-electron chi connectivity index (χ0n) is 11.0. The second kappa shape index (κ2) is 7.34. The molecule has 0 fully saturated rings. The molecule has 7 nitrogen and oxygen atoms in total. The molecule has 1 rings (SSSR count). The molecule has 4 N–H and O–H groups in total. The van der Waals surface area contributed by atoms with Gasteiger partial charge in [0, 0.05) is 0 Å². The summed E-state index contributed by atoms with van der Waals surface area (Å²) in [6.07, 6.45) is 1.80. The van der Waals surface area contributed by atoms with Gasteiger partial charge in [-0.05, 0) is 24.1 Å². The van der Waals surface area contributed by atoms with E-state index in [9.17, 15) is 13.2 Å². The lowest BCUT2D eigenvalue weighted by atomic mass is 10.1. The molecular formula is C12H18N2O5S. The molecule has 0 radical (unpaired) electrons. The molecule has 0 aliphatic heterocycles. The summed E-state index contributed by atoms with van der Waals surface area (Å²) in [5.41, 5.74) is 2.30. The number of amides is 1. The lowest BCUT2D eigenvalue weighted by molar-refractivity contribution is -0.131. The van der Waals surface area contributed by atoms with Crippen molar-refractivity contribution < 1.29 is 23.5 Å². The Morgan fingerprint density at radius 1 is 1.30 bits per heavy atom. The number of sulfonamides is 1. The van der Waals surface area contributed by atoms with Gasteiger partial charge in [0.25, 0.3) is 5.91 Å². The number of aliphatic hydroxyl groups is 1. The first kappa shape index (κ1) is 16.6. The number of aliphatic hydroxyl groups excluding tert-OH is 1. The molecule has 0 spiro atoms. The Balaban J connectivity index is 2.90. The molecule has 0 saturated heterocycles. The van der Waals surface area contributed by atoms with Crippen molar-refractivity contribution in [2.75, 3.05) is 6.61 Å². The number of carbonyl (C=O) groups excluding carboxylic acids is 1. The Hall–Kier alpha value is -1.48. The molecule has 1 amide bonds. The van der Waals surface area contributed by atoms with Crippen molar-refractivity contribution in [2.45, 2.75) is 30.7 Å². The maximum absolute atomic E-state index is 12.0. The summed E-state index contributed by atoms with van der Waals surface area (Å²) >= 11 is 0.